The number of ether oxygens (including phenoxy) is 2. The van der Waals surface area contributed by atoms with Crippen molar-refractivity contribution in [3.63, 3.8) is 0 Å². The molecule has 0 bridgehead atoms. The molecule has 0 N–H and O–H groups in total. The molecular formula is C12H19N3O2. The van der Waals surface area contributed by atoms with E-state index in [-0.39, 0.29) is 0 Å². The maximum Gasteiger partial charge on any atom is 0.258 e. The average molecular weight is 237 g/mol. The first kappa shape index (κ1) is 13.3. The van der Waals surface area contributed by atoms with E-state index >= 15 is 0 Å². The number of hydrogen-bond acceptors (Lipinski definition) is 4. The lowest BCUT2D eigenvalue weighted by atomic mass is 10.2. The summed E-state index contributed by atoms with van der Waals surface area (Å²) in [6.45, 7) is 7.90. The van der Waals surface area contributed by atoms with Gasteiger partial charge in [0.2, 0.25) is 0 Å². The quantitative estimate of drug-likeness (QED) is 0.804. The largest absolute Gasteiger partial charge is 0.491 e. The van der Waals surface area contributed by atoms with Crippen LogP contribution in [0.3, 0.4) is 0 Å². The molecule has 2 aromatic heterocycles. The molecule has 2 rings (SSSR count). The molecule has 0 unspecified atom stereocenters. The summed E-state index contributed by atoms with van der Waals surface area (Å²) >= 11 is 0. The van der Waals surface area contributed by atoms with Crippen LogP contribution in [0.4, 0.5) is 0 Å². The number of nitrogens with zero attached hydrogens (tertiary/aromatic N) is 3. The molecular weight excluding hydrogens is 218 g/mol. The summed E-state index contributed by atoms with van der Waals surface area (Å²) in [5.74, 6) is 1.32. The van der Waals surface area contributed by atoms with Gasteiger partial charge < -0.3 is 9.47 Å². The van der Waals surface area contributed by atoms with Crippen molar-refractivity contribution in [2.45, 2.75) is 27.7 Å². The van der Waals surface area contributed by atoms with E-state index in [1.54, 1.807) is 18.7 Å². The van der Waals surface area contributed by atoms with Crippen LogP contribution in [-0.2, 0) is 0 Å². The first-order valence-corrected chi connectivity index (χ1v) is 5.61. The standard InChI is InChI=1S/C10H13N3O2.C2H6/c1-6-8-7(2)11-5-12-13(8)10(15-4)9(6)14-3;1-2/h5H,1-4H3;1-2H3. The minimum Gasteiger partial charge on any atom is -0.491 e. The van der Waals surface area contributed by atoms with Gasteiger partial charge in [-0.05, 0) is 13.8 Å². The maximum absolute atomic E-state index is 5.29. The van der Waals surface area contributed by atoms with Crippen LogP contribution in [0.15, 0.2) is 6.33 Å². The number of methoxy groups -OCH3 is 2. The van der Waals surface area contributed by atoms with Crippen molar-refractivity contribution >= 4 is 5.52 Å². The SMILES string of the molecule is CC.COc1c(C)c2c(C)ncnn2c1OC. The highest BCUT2D eigenvalue weighted by Gasteiger charge is 2.19. The number of fused-ring (bicyclic) bond motifs is 1. The third-order valence-electron chi connectivity index (χ3n) is 2.45. The third-order valence-corrected chi connectivity index (χ3v) is 2.45. The lowest BCUT2D eigenvalue weighted by Crippen LogP contribution is -1.98. The minimum atomic E-state index is 0.607. The van der Waals surface area contributed by atoms with Gasteiger partial charge in [-0.15, -0.1) is 0 Å². The molecule has 0 aromatic carbocycles. The van der Waals surface area contributed by atoms with Crippen LogP contribution in [0.1, 0.15) is 25.1 Å². The summed E-state index contributed by atoms with van der Waals surface area (Å²) < 4.78 is 12.3. The Morgan fingerprint density at radius 3 is 2.29 bits per heavy atom. The molecule has 0 radical (unpaired) electrons. The molecule has 94 valence electrons. The zero-order valence-corrected chi connectivity index (χ0v) is 11.2. The van der Waals surface area contributed by atoms with E-state index in [0.717, 1.165) is 16.8 Å². The summed E-state index contributed by atoms with van der Waals surface area (Å²) in [4.78, 5) is 4.15. The summed E-state index contributed by atoms with van der Waals surface area (Å²) in [6.07, 6.45) is 1.50. The Hall–Kier alpha value is -1.78. The normalized spacial score (nSPS) is 9.76. The molecule has 0 aliphatic rings. The van der Waals surface area contributed by atoms with E-state index < -0.39 is 0 Å². The molecule has 17 heavy (non-hydrogen) atoms. The second kappa shape index (κ2) is 5.52. The van der Waals surface area contributed by atoms with Gasteiger partial charge in [-0.1, -0.05) is 13.8 Å². The molecule has 0 saturated carbocycles. The monoisotopic (exact) mass is 237 g/mol. The van der Waals surface area contributed by atoms with Gasteiger partial charge in [0.05, 0.1) is 25.4 Å². The van der Waals surface area contributed by atoms with Gasteiger partial charge in [0.1, 0.15) is 6.33 Å². The van der Waals surface area contributed by atoms with Crippen LogP contribution < -0.4 is 9.47 Å². The second-order valence-corrected chi connectivity index (χ2v) is 3.27. The predicted molar refractivity (Wildman–Crippen MR) is 66.9 cm³/mol. The fourth-order valence-electron chi connectivity index (χ4n) is 1.80. The second-order valence-electron chi connectivity index (χ2n) is 3.27. The van der Waals surface area contributed by atoms with Gasteiger partial charge in [-0.3, -0.25) is 0 Å². The number of rotatable bonds is 2. The molecule has 0 saturated heterocycles. The topological polar surface area (TPSA) is 48.7 Å². The Morgan fingerprint density at radius 1 is 1.12 bits per heavy atom. The highest BCUT2D eigenvalue weighted by atomic mass is 16.5. The van der Waals surface area contributed by atoms with Crippen LogP contribution in [0, 0.1) is 13.8 Å². The van der Waals surface area contributed by atoms with Gasteiger partial charge in [0.15, 0.2) is 5.75 Å². The van der Waals surface area contributed by atoms with Crippen molar-refractivity contribution < 1.29 is 9.47 Å². The molecule has 0 aliphatic carbocycles. The third kappa shape index (κ3) is 2.05. The smallest absolute Gasteiger partial charge is 0.258 e. The molecule has 2 aromatic rings. The summed E-state index contributed by atoms with van der Waals surface area (Å²) in [7, 11) is 3.22. The summed E-state index contributed by atoms with van der Waals surface area (Å²) in [5.41, 5.74) is 2.84. The van der Waals surface area contributed by atoms with E-state index in [4.69, 9.17) is 9.47 Å². The zero-order chi connectivity index (χ0) is 13.0. The summed E-state index contributed by atoms with van der Waals surface area (Å²) in [6, 6.07) is 0. The van der Waals surface area contributed by atoms with E-state index in [1.807, 2.05) is 27.7 Å². The van der Waals surface area contributed by atoms with E-state index in [0.29, 0.717) is 11.6 Å². The average Bonchev–Trinajstić information content (AvgIpc) is 2.65. The van der Waals surface area contributed by atoms with Crippen LogP contribution in [0.5, 0.6) is 11.6 Å². The molecule has 2 heterocycles. The van der Waals surface area contributed by atoms with Crippen molar-refractivity contribution in [2.24, 2.45) is 0 Å². The van der Waals surface area contributed by atoms with Gasteiger partial charge in [-0.2, -0.15) is 9.61 Å². The van der Waals surface area contributed by atoms with Gasteiger partial charge >= 0.3 is 0 Å². The highest BCUT2D eigenvalue weighted by molar-refractivity contribution is 5.68. The van der Waals surface area contributed by atoms with Gasteiger partial charge in [0.25, 0.3) is 5.88 Å². The Morgan fingerprint density at radius 2 is 1.76 bits per heavy atom. The molecule has 0 spiro atoms. The van der Waals surface area contributed by atoms with Crippen LogP contribution in [0.2, 0.25) is 0 Å². The van der Waals surface area contributed by atoms with E-state index in [9.17, 15) is 0 Å². The minimum absolute atomic E-state index is 0.607. The molecule has 0 amide bonds. The molecule has 0 aliphatic heterocycles. The molecule has 0 fully saturated rings. The number of aryl methyl sites for hydroxylation is 2. The Balaban J connectivity index is 0.000000686. The fraction of sp³-hybridized carbons (Fsp3) is 0.500. The number of hydrogen-bond donors (Lipinski definition) is 0. The lowest BCUT2D eigenvalue weighted by Gasteiger charge is -2.02. The first-order valence-electron chi connectivity index (χ1n) is 5.61. The predicted octanol–water partition coefficient (Wildman–Crippen LogP) is 2.39. The van der Waals surface area contributed by atoms with E-state index in [1.165, 1.54) is 6.33 Å². The Kier molecular flexibility index (Phi) is 4.31. The van der Waals surface area contributed by atoms with Crippen molar-refractivity contribution in [3.8, 4) is 11.6 Å². The zero-order valence-electron chi connectivity index (χ0n) is 11.2. The molecule has 5 nitrogen and oxygen atoms in total. The highest BCUT2D eigenvalue weighted by Crippen LogP contribution is 2.36. The Labute approximate surface area is 101 Å². The van der Waals surface area contributed by atoms with Crippen molar-refractivity contribution in [1.82, 2.24) is 14.6 Å². The van der Waals surface area contributed by atoms with Crippen LogP contribution >= 0.6 is 0 Å². The molecule has 5 heteroatoms. The first-order chi connectivity index (χ1) is 8.20. The molecule has 0 atom stereocenters. The van der Waals surface area contributed by atoms with Crippen LogP contribution in [-0.4, -0.2) is 28.8 Å². The lowest BCUT2D eigenvalue weighted by molar-refractivity contribution is 0.338. The van der Waals surface area contributed by atoms with Crippen molar-refractivity contribution in [2.75, 3.05) is 14.2 Å². The van der Waals surface area contributed by atoms with E-state index in [2.05, 4.69) is 10.1 Å². The van der Waals surface area contributed by atoms with Crippen molar-refractivity contribution in [3.05, 3.63) is 17.6 Å². The summed E-state index contributed by atoms with van der Waals surface area (Å²) in [5, 5.41) is 4.14. The fourth-order valence-corrected chi connectivity index (χ4v) is 1.80. The van der Waals surface area contributed by atoms with Gasteiger partial charge in [0, 0.05) is 5.56 Å². The van der Waals surface area contributed by atoms with Gasteiger partial charge in [-0.25, -0.2) is 4.98 Å². The van der Waals surface area contributed by atoms with Crippen LogP contribution in [0.25, 0.3) is 5.52 Å². The Bertz CT molecular complexity index is 506. The number of aromatic nitrogens is 3. The van der Waals surface area contributed by atoms with Crippen molar-refractivity contribution in [1.29, 1.82) is 0 Å². The maximum atomic E-state index is 5.29.